The van der Waals surface area contributed by atoms with Crippen LogP contribution in [0.3, 0.4) is 0 Å². The van der Waals surface area contributed by atoms with Crippen molar-refractivity contribution in [3.63, 3.8) is 0 Å². The summed E-state index contributed by atoms with van der Waals surface area (Å²) in [5.41, 5.74) is 0.746. The van der Waals surface area contributed by atoms with Crippen molar-refractivity contribution in [3.05, 3.63) is 59.0 Å². The lowest BCUT2D eigenvalue weighted by atomic mass is 10.1. The standard InChI is InChI=1S/C14H8ClNO4/c15-12(17)11-6-5-8(20-11)7-16-13(18)9-3-1-2-4-10(9)14(16)19/h1-6H,7H2. The van der Waals surface area contributed by atoms with Crippen LogP contribution in [0.25, 0.3) is 0 Å². The van der Waals surface area contributed by atoms with Crippen LogP contribution in [-0.2, 0) is 6.54 Å². The molecule has 0 atom stereocenters. The SMILES string of the molecule is O=C(Cl)c1ccc(CN2C(=O)c3ccccc3C2=O)o1. The van der Waals surface area contributed by atoms with E-state index >= 15 is 0 Å². The Morgan fingerprint density at radius 2 is 1.65 bits per heavy atom. The maximum absolute atomic E-state index is 12.1. The van der Waals surface area contributed by atoms with Crippen molar-refractivity contribution >= 4 is 28.7 Å². The Bertz CT molecular complexity index is 699. The highest BCUT2D eigenvalue weighted by molar-refractivity contribution is 6.67. The number of nitrogens with zero attached hydrogens (tertiary/aromatic N) is 1. The van der Waals surface area contributed by atoms with E-state index in [1.807, 2.05) is 0 Å². The highest BCUT2D eigenvalue weighted by Crippen LogP contribution is 2.24. The Labute approximate surface area is 118 Å². The molecule has 0 aliphatic carbocycles. The van der Waals surface area contributed by atoms with Crippen molar-refractivity contribution in [3.8, 4) is 0 Å². The summed E-state index contributed by atoms with van der Waals surface area (Å²) in [6.45, 7) is -0.0312. The number of hydrogen-bond acceptors (Lipinski definition) is 4. The quantitative estimate of drug-likeness (QED) is 0.643. The van der Waals surface area contributed by atoms with E-state index in [9.17, 15) is 14.4 Å². The van der Waals surface area contributed by atoms with E-state index in [0.29, 0.717) is 16.9 Å². The number of halogens is 1. The molecule has 100 valence electrons. The first-order chi connectivity index (χ1) is 9.58. The van der Waals surface area contributed by atoms with Crippen LogP contribution in [0.5, 0.6) is 0 Å². The van der Waals surface area contributed by atoms with Gasteiger partial charge in [-0.15, -0.1) is 0 Å². The highest BCUT2D eigenvalue weighted by atomic mass is 35.5. The lowest BCUT2D eigenvalue weighted by molar-refractivity contribution is 0.0631. The van der Waals surface area contributed by atoms with Gasteiger partial charge in [0.15, 0.2) is 5.76 Å². The maximum Gasteiger partial charge on any atom is 0.287 e. The van der Waals surface area contributed by atoms with Crippen LogP contribution in [0, 0.1) is 0 Å². The Morgan fingerprint density at radius 1 is 1.05 bits per heavy atom. The number of benzene rings is 1. The van der Waals surface area contributed by atoms with Crippen LogP contribution in [0.4, 0.5) is 0 Å². The first kappa shape index (κ1) is 12.6. The van der Waals surface area contributed by atoms with Crippen LogP contribution in [-0.4, -0.2) is 22.0 Å². The number of fused-ring (bicyclic) bond motifs is 1. The number of carbonyl (C=O) groups excluding carboxylic acids is 3. The van der Waals surface area contributed by atoms with Gasteiger partial charge >= 0.3 is 0 Å². The summed E-state index contributed by atoms with van der Waals surface area (Å²) < 4.78 is 5.17. The molecule has 2 amide bonds. The van der Waals surface area contributed by atoms with Gasteiger partial charge in [-0.3, -0.25) is 19.3 Å². The van der Waals surface area contributed by atoms with Gasteiger partial charge in [0.2, 0.25) is 0 Å². The van der Waals surface area contributed by atoms with Crippen molar-refractivity contribution in [1.82, 2.24) is 4.90 Å². The molecule has 0 saturated carbocycles. The number of hydrogen-bond donors (Lipinski definition) is 0. The van der Waals surface area contributed by atoms with Gasteiger partial charge in [-0.1, -0.05) is 12.1 Å². The molecule has 0 N–H and O–H groups in total. The van der Waals surface area contributed by atoms with E-state index in [1.165, 1.54) is 12.1 Å². The largest absolute Gasteiger partial charge is 0.455 e. The molecule has 5 nitrogen and oxygen atoms in total. The van der Waals surface area contributed by atoms with Crippen molar-refractivity contribution in [2.75, 3.05) is 0 Å². The van der Waals surface area contributed by atoms with Crippen molar-refractivity contribution < 1.29 is 18.8 Å². The number of amides is 2. The average molecular weight is 290 g/mol. The van der Waals surface area contributed by atoms with Gasteiger partial charge in [0.25, 0.3) is 17.1 Å². The number of rotatable bonds is 3. The molecule has 1 aromatic carbocycles. The molecule has 2 aromatic rings. The Morgan fingerprint density at radius 3 is 2.15 bits per heavy atom. The lowest BCUT2D eigenvalue weighted by Crippen LogP contribution is -2.28. The summed E-state index contributed by atoms with van der Waals surface area (Å²) in [6, 6.07) is 9.52. The third kappa shape index (κ3) is 1.92. The van der Waals surface area contributed by atoms with Crippen molar-refractivity contribution in [1.29, 1.82) is 0 Å². The summed E-state index contributed by atoms with van der Waals surface area (Å²) in [4.78, 5) is 36.2. The molecule has 0 radical (unpaired) electrons. The third-order valence-corrected chi connectivity index (χ3v) is 3.23. The second-order valence-corrected chi connectivity index (χ2v) is 4.62. The highest BCUT2D eigenvalue weighted by Gasteiger charge is 2.35. The second kappa shape index (κ2) is 4.61. The lowest BCUT2D eigenvalue weighted by Gasteiger charge is -2.11. The molecule has 0 bridgehead atoms. The van der Waals surface area contributed by atoms with E-state index in [-0.39, 0.29) is 24.1 Å². The maximum atomic E-state index is 12.1. The number of furan rings is 1. The van der Waals surface area contributed by atoms with E-state index in [4.69, 9.17) is 16.0 Å². The summed E-state index contributed by atoms with van der Waals surface area (Å²) >= 11 is 5.28. The van der Waals surface area contributed by atoms with E-state index < -0.39 is 5.24 Å². The summed E-state index contributed by atoms with van der Waals surface area (Å²) in [7, 11) is 0. The number of carbonyl (C=O) groups is 3. The topological polar surface area (TPSA) is 67.6 Å². The van der Waals surface area contributed by atoms with Crippen LogP contribution < -0.4 is 0 Å². The fourth-order valence-corrected chi connectivity index (χ4v) is 2.21. The molecule has 1 aliphatic rings. The Balaban J connectivity index is 1.87. The molecule has 0 fully saturated rings. The predicted molar refractivity (Wildman–Crippen MR) is 69.5 cm³/mol. The van der Waals surface area contributed by atoms with Crippen LogP contribution in [0.1, 0.15) is 37.0 Å². The average Bonchev–Trinajstić information content (AvgIpc) is 3.00. The summed E-state index contributed by atoms with van der Waals surface area (Å²) in [6.07, 6.45) is 0. The van der Waals surface area contributed by atoms with Gasteiger partial charge in [-0.2, -0.15) is 0 Å². The molecule has 0 saturated heterocycles. The van der Waals surface area contributed by atoms with E-state index in [1.54, 1.807) is 24.3 Å². The summed E-state index contributed by atoms with van der Waals surface area (Å²) in [5, 5.41) is -0.724. The minimum Gasteiger partial charge on any atom is -0.455 e. The van der Waals surface area contributed by atoms with Crippen molar-refractivity contribution in [2.24, 2.45) is 0 Å². The van der Waals surface area contributed by atoms with Gasteiger partial charge in [0.1, 0.15) is 5.76 Å². The van der Waals surface area contributed by atoms with E-state index in [0.717, 1.165) is 4.90 Å². The molecular formula is C14H8ClNO4. The van der Waals surface area contributed by atoms with Gasteiger partial charge in [0.05, 0.1) is 17.7 Å². The fourth-order valence-electron chi connectivity index (χ4n) is 2.11. The monoisotopic (exact) mass is 289 g/mol. The normalized spacial score (nSPS) is 13.8. The fraction of sp³-hybridized carbons (Fsp3) is 0.0714. The zero-order valence-electron chi connectivity index (χ0n) is 10.1. The molecule has 1 aliphatic heterocycles. The predicted octanol–water partition coefficient (Wildman–Crippen LogP) is 2.45. The van der Waals surface area contributed by atoms with Crippen LogP contribution in [0.15, 0.2) is 40.8 Å². The van der Waals surface area contributed by atoms with Gasteiger partial charge in [-0.25, -0.2) is 0 Å². The first-order valence-corrected chi connectivity index (χ1v) is 6.19. The molecular weight excluding hydrogens is 282 g/mol. The van der Waals surface area contributed by atoms with E-state index in [2.05, 4.69) is 0 Å². The van der Waals surface area contributed by atoms with Gasteiger partial charge in [-0.05, 0) is 35.9 Å². The summed E-state index contributed by atoms with van der Waals surface area (Å²) in [5.74, 6) is -0.441. The second-order valence-electron chi connectivity index (χ2n) is 4.28. The molecule has 6 heteroatoms. The minimum absolute atomic E-state index is 0.0155. The molecule has 0 spiro atoms. The smallest absolute Gasteiger partial charge is 0.287 e. The van der Waals surface area contributed by atoms with Gasteiger partial charge in [0, 0.05) is 0 Å². The molecule has 0 unspecified atom stereocenters. The zero-order valence-corrected chi connectivity index (χ0v) is 10.9. The molecule has 3 rings (SSSR count). The Kier molecular flexibility index (Phi) is 2.91. The molecule has 1 aromatic heterocycles. The Hall–Kier alpha value is -2.40. The molecule has 20 heavy (non-hydrogen) atoms. The first-order valence-electron chi connectivity index (χ1n) is 5.81. The van der Waals surface area contributed by atoms with Gasteiger partial charge < -0.3 is 4.42 Å². The number of imide groups is 1. The van der Waals surface area contributed by atoms with Crippen molar-refractivity contribution in [2.45, 2.75) is 6.54 Å². The van der Waals surface area contributed by atoms with Crippen LogP contribution in [0.2, 0.25) is 0 Å². The minimum atomic E-state index is -0.724. The third-order valence-electron chi connectivity index (χ3n) is 3.05. The molecule has 2 heterocycles. The zero-order chi connectivity index (χ0) is 14.3. The van der Waals surface area contributed by atoms with Crippen LogP contribution >= 0.6 is 11.6 Å².